The van der Waals surface area contributed by atoms with Crippen LogP contribution in [0.15, 0.2) is 11.4 Å². The molecule has 0 amide bonds. The quantitative estimate of drug-likeness (QED) is 0.488. The molecular formula is C11H14ClN5S. The number of hydrogen-bond acceptors (Lipinski definition) is 6. The molecule has 96 valence electrons. The number of thioether (sulfide) groups is 1. The summed E-state index contributed by atoms with van der Waals surface area (Å²) in [6.45, 7) is 5.83. The molecular weight excluding hydrogens is 270 g/mol. The fourth-order valence-corrected chi connectivity index (χ4v) is 2.43. The first-order chi connectivity index (χ1) is 8.71. The lowest BCUT2D eigenvalue weighted by Crippen LogP contribution is -2.23. The van der Waals surface area contributed by atoms with Gasteiger partial charge in [0.2, 0.25) is 5.28 Å². The molecule has 2 aromatic heterocycles. The van der Waals surface area contributed by atoms with Crippen molar-refractivity contribution in [3.8, 4) is 0 Å². The van der Waals surface area contributed by atoms with E-state index in [1.54, 1.807) is 6.33 Å². The predicted octanol–water partition coefficient (Wildman–Crippen LogP) is 2.64. The van der Waals surface area contributed by atoms with Gasteiger partial charge in [0, 0.05) is 13.1 Å². The summed E-state index contributed by atoms with van der Waals surface area (Å²) in [6.07, 6.45) is 3.49. The van der Waals surface area contributed by atoms with Gasteiger partial charge in [-0.25, -0.2) is 15.0 Å². The molecule has 0 unspecified atom stereocenters. The first kappa shape index (κ1) is 13.3. The van der Waals surface area contributed by atoms with Crippen molar-refractivity contribution < 1.29 is 0 Å². The van der Waals surface area contributed by atoms with E-state index >= 15 is 0 Å². The van der Waals surface area contributed by atoms with Gasteiger partial charge in [-0.2, -0.15) is 4.98 Å². The molecule has 7 heteroatoms. The summed E-state index contributed by atoms with van der Waals surface area (Å²) in [5, 5.41) is 1.05. The van der Waals surface area contributed by atoms with Crippen molar-refractivity contribution in [1.82, 2.24) is 19.9 Å². The van der Waals surface area contributed by atoms with Gasteiger partial charge in [0.05, 0.1) is 0 Å². The van der Waals surface area contributed by atoms with Crippen molar-refractivity contribution >= 4 is 40.2 Å². The van der Waals surface area contributed by atoms with Gasteiger partial charge in [0.25, 0.3) is 0 Å². The summed E-state index contributed by atoms with van der Waals surface area (Å²) in [5.41, 5.74) is 1.47. The molecule has 0 atom stereocenters. The van der Waals surface area contributed by atoms with Gasteiger partial charge in [0.15, 0.2) is 5.82 Å². The molecule has 0 aliphatic rings. The average molecular weight is 284 g/mol. The van der Waals surface area contributed by atoms with Gasteiger partial charge in [-0.15, -0.1) is 11.8 Å². The van der Waals surface area contributed by atoms with Crippen LogP contribution in [0.25, 0.3) is 11.0 Å². The Morgan fingerprint density at radius 3 is 2.50 bits per heavy atom. The molecule has 0 aliphatic heterocycles. The van der Waals surface area contributed by atoms with Gasteiger partial charge in [-0.1, -0.05) is 0 Å². The third-order valence-electron chi connectivity index (χ3n) is 2.66. The molecule has 5 nitrogen and oxygen atoms in total. The van der Waals surface area contributed by atoms with Gasteiger partial charge in [-0.05, 0) is 31.7 Å². The Labute approximate surface area is 115 Å². The summed E-state index contributed by atoms with van der Waals surface area (Å²) in [7, 11) is 0. The molecule has 0 spiro atoms. The number of rotatable bonds is 4. The fraction of sp³-hybridized carbons (Fsp3) is 0.455. The largest absolute Gasteiger partial charge is 0.355 e. The van der Waals surface area contributed by atoms with Crippen molar-refractivity contribution in [2.24, 2.45) is 0 Å². The maximum atomic E-state index is 6.00. The van der Waals surface area contributed by atoms with Crippen molar-refractivity contribution in [3.63, 3.8) is 0 Å². The molecule has 18 heavy (non-hydrogen) atoms. The predicted molar refractivity (Wildman–Crippen MR) is 75.5 cm³/mol. The first-order valence-electron chi connectivity index (χ1n) is 5.68. The van der Waals surface area contributed by atoms with Crippen LogP contribution >= 0.6 is 23.4 Å². The van der Waals surface area contributed by atoms with Crippen molar-refractivity contribution in [3.05, 3.63) is 11.6 Å². The molecule has 0 aromatic carbocycles. The van der Waals surface area contributed by atoms with Gasteiger partial charge < -0.3 is 4.90 Å². The van der Waals surface area contributed by atoms with Crippen LogP contribution in [0.5, 0.6) is 0 Å². The Morgan fingerprint density at radius 1 is 1.17 bits per heavy atom. The second-order valence-electron chi connectivity index (χ2n) is 3.57. The van der Waals surface area contributed by atoms with E-state index in [4.69, 9.17) is 11.6 Å². The monoisotopic (exact) mass is 283 g/mol. The Bertz CT molecular complexity index is 558. The third-order valence-corrected chi connectivity index (χ3v) is 3.51. The van der Waals surface area contributed by atoms with Crippen LogP contribution in [0, 0.1) is 0 Å². The zero-order chi connectivity index (χ0) is 13.1. The van der Waals surface area contributed by atoms with E-state index in [-0.39, 0.29) is 5.28 Å². The lowest BCUT2D eigenvalue weighted by atomic mass is 10.3. The Balaban J connectivity index is 2.73. The summed E-state index contributed by atoms with van der Waals surface area (Å²) in [6, 6.07) is 0. The van der Waals surface area contributed by atoms with E-state index in [1.807, 2.05) is 6.26 Å². The Hall–Kier alpha value is -1.14. The van der Waals surface area contributed by atoms with E-state index in [9.17, 15) is 0 Å². The molecule has 2 rings (SSSR count). The fourth-order valence-electron chi connectivity index (χ4n) is 1.78. The van der Waals surface area contributed by atoms with Crippen LogP contribution < -0.4 is 4.90 Å². The molecule has 0 N–H and O–H groups in total. The highest BCUT2D eigenvalue weighted by molar-refractivity contribution is 7.98. The normalized spacial score (nSPS) is 10.9. The third kappa shape index (κ3) is 2.35. The standard InChI is InChI=1S/C11H14ClN5S/c1-4-17(5-2)9-7-8(15-11(12)16-9)10(18-3)14-6-13-7/h6H,4-5H2,1-3H3. The maximum absolute atomic E-state index is 6.00. The number of aromatic nitrogens is 4. The van der Waals surface area contributed by atoms with Gasteiger partial charge in [0.1, 0.15) is 22.4 Å². The molecule has 0 radical (unpaired) electrons. The highest BCUT2D eigenvalue weighted by Gasteiger charge is 2.15. The van der Waals surface area contributed by atoms with Crippen LogP contribution in [0.1, 0.15) is 13.8 Å². The average Bonchev–Trinajstić information content (AvgIpc) is 2.39. The number of nitrogens with zero attached hydrogens (tertiary/aromatic N) is 5. The van der Waals surface area contributed by atoms with Crippen molar-refractivity contribution in [2.75, 3.05) is 24.2 Å². The SMILES string of the molecule is CCN(CC)c1nc(Cl)nc2c(SC)ncnc12. The van der Waals surface area contributed by atoms with Gasteiger partial charge >= 0.3 is 0 Å². The summed E-state index contributed by atoms with van der Waals surface area (Å²) in [5.74, 6) is 0.771. The van der Waals surface area contributed by atoms with Gasteiger partial charge in [-0.3, -0.25) is 0 Å². The van der Waals surface area contributed by atoms with Crippen LogP contribution in [-0.2, 0) is 0 Å². The Kier molecular flexibility index (Phi) is 4.19. The minimum atomic E-state index is 0.231. The summed E-state index contributed by atoms with van der Waals surface area (Å²) >= 11 is 7.52. The number of anilines is 1. The van der Waals surface area contributed by atoms with Crippen molar-refractivity contribution in [2.45, 2.75) is 18.9 Å². The minimum Gasteiger partial charge on any atom is -0.355 e. The van der Waals surface area contributed by atoms with E-state index < -0.39 is 0 Å². The minimum absolute atomic E-state index is 0.231. The number of fused-ring (bicyclic) bond motifs is 1. The number of halogens is 1. The first-order valence-corrected chi connectivity index (χ1v) is 7.28. The summed E-state index contributed by atoms with van der Waals surface area (Å²) in [4.78, 5) is 19.1. The molecule has 0 aliphatic carbocycles. The lowest BCUT2D eigenvalue weighted by molar-refractivity contribution is 0.844. The smallest absolute Gasteiger partial charge is 0.225 e. The topological polar surface area (TPSA) is 54.8 Å². The van der Waals surface area contributed by atoms with Crippen molar-refractivity contribution in [1.29, 1.82) is 0 Å². The zero-order valence-corrected chi connectivity index (χ0v) is 12.1. The molecule has 2 heterocycles. The highest BCUT2D eigenvalue weighted by atomic mass is 35.5. The van der Waals surface area contributed by atoms with Crippen LogP contribution in [-0.4, -0.2) is 39.3 Å². The molecule has 0 bridgehead atoms. The molecule has 0 saturated carbocycles. The maximum Gasteiger partial charge on any atom is 0.225 e. The second-order valence-corrected chi connectivity index (χ2v) is 4.70. The van der Waals surface area contributed by atoms with Crippen LogP contribution in [0.4, 0.5) is 5.82 Å². The second kappa shape index (κ2) is 5.67. The number of hydrogen-bond donors (Lipinski definition) is 0. The Morgan fingerprint density at radius 2 is 1.89 bits per heavy atom. The van der Waals surface area contributed by atoms with Crippen LogP contribution in [0.3, 0.4) is 0 Å². The van der Waals surface area contributed by atoms with E-state index in [0.29, 0.717) is 5.52 Å². The zero-order valence-electron chi connectivity index (χ0n) is 10.5. The highest BCUT2D eigenvalue weighted by Crippen LogP contribution is 2.28. The van der Waals surface area contributed by atoms with E-state index in [1.165, 1.54) is 11.8 Å². The lowest BCUT2D eigenvalue weighted by Gasteiger charge is -2.20. The van der Waals surface area contributed by atoms with Crippen LogP contribution in [0.2, 0.25) is 5.28 Å². The summed E-state index contributed by atoms with van der Waals surface area (Å²) < 4.78 is 0. The molecule has 0 saturated heterocycles. The molecule has 2 aromatic rings. The van der Waals surface area contributed by atoms with E-state index in [0.717, 1.165) is 29.5 Å². The molecule has 0 fully saturated rings. The van der Waals surface area contributed by atoms with E-state index in [2.05, 4.69) is 38.7 Å².